The first-order valence-electron chi connectivity index (χ1n) is 6.40. The van der Waals surface area contributed by atoms with Crippen LogP contribution in [0.3, 0.4) is 0 Å². The van der Waals surface area contributed by atoms with Crippen LogP contribution < -0.4 is 5.32 Å². The van der Waals surface area contributed by atoms with Crippen LogP contribution in [0, 0.1) is 16.7 Å². The Morgan fingerprint density at radius 3 is 2.47 bits per heavy atom. The predicted octanol–water partition coefficient (Wildman–Crippen LogP) is 1.74. The quantitative estimate of drug-likeness (QED) is 0.783. The van der Waals surface area contributed by atoms with E-state index in [0.29, 0.717) is 19.3 Å². The molecule has 1 rings (SSSR count). The average molecular weight is 238 g/mol. The summed E-state index contributed by atoms with van der Waals surface area (Å²) in [5.41, 5.74) is -0.828. The van der Waals surface area contributed by atoms with E-state index < -0.39 is 11.5 Å². The molecule has 2 atom stereocenters. The van der Waals surface area contributed by atoms with E-state index in [0.717, 1.165) is 19.3 Å². The van der Waals surface area contributed by atoms with Gasteiger partial charge in [-0.2, -0.15) is 5.26 Å². The molecule has 0 spiro atoms. The molecule has 0 aromatic rings. The second-order valence-electron chi connectivity index (χ2n) is 5.21. The first-order chi connectivity index (χ1) is 8.00. The largest absolute Gasteiger partial charge is 0.393 e. The van der Waals surface area contributed by atoms with Gasteiger partial charge >= 0.3 is 0 Å². The van der Waals surface area contributed by atoms with Gasteiger partial charge in [-0.05, 0) is 33.1 Å². The number of nitrogens with zero attached hydrogens (tertiary/aromatic N) is 1. The van der Waals surface area contributed by atoms with Crippen molar-refractivity contribution < 1.29 is 9.90 Å². The van der Waals surface area contributed by atoms with E-state index in [1.54, 1.807) is 6.92 Å². The highest BCUT2D eigenvalue weighted by atomic mass is 16.3. The van der Waals surface area contributed by atoms with Crippen LogP contribution in [0.15, 0.2) is 0 Å². The fraction of sp³-hybridized carbons (Fsp3) is 0.846. The Labute approximate surface area is 103 Å². The first kappa shape index (κ1) is 14.0. The zero-order chi connectivity index (χ0) is 12.9. The van der Waals surface area contributed by atoms with E-state index in [2.05, 4.69) is 11.4 Å². The average Bonchev–Trinajstić information content (AvgIpc) is 2.28. The maximum absolute atomic E-state index is 12.1. The summed E-state index contributed by atoms with van der Waals surface area (Å²) < 4.78 is 0. The molecular formula is C13H22N2O2. The standard InChI is InChI=1S/C13H22N2O2/c1-10(8-11(2)16)15-12(17)13(9-14)6-4-3-5-7-13/h10-11,16H,3-8H2,1-2H3,(H,15,17). The number of aliphatic hydroxyl groups excluding tert-OH is 1. The molecule has 1 aliphatic rings. The van der Waals surface area contributed by atoms with Gasteiger partial charge in [-0.25, -0.2) is 0 Å². The minimum absolute atomic E-state index is 0.0883. The molecule has 1 saturated carbocycles. The van der Waals surface area contributed by atoms with Crippen molar-refractivity contribution in [2.24, 2.45) is 5.41 Å². The lowest BCUT2D eigenvalue weighted by molar-refractivity contribution is -0.130. The number of rotatable bonds is 4. The molecule has 1 amide bonds. The Balaban J connectivity index is 2.58. The molecule has 0 aromatic carbocycles. The van der Waals surface area contributed by atoms with Crippen molar-refractivity contribution in [3.05, 3.63) is 0 Å². The molecule has 17 heavy (non-hydrogen) atoms. The number of amides is 1. The zero-order valence-corrected chi connectivity index (χ0v) is 10.7. The summed E-state index contributed by atoms with van der Waals surface area (Å²) in [7, 11) is 0. The number of nitrogens with one attached hydrogen (secondary N) is 1. The Kier molecular flexibility index (Phi) is 4.95. The lowest BCUT2D eigenvalue weighted by Gasteiger charge is -2.30. The van der Waals surface area contributed by atoms with Gasteiger partial charge in [-0.3, -0.25) is 4.79 Å². The predicted molar refractivity (Wildman–Crippen MR) is 65.0 cm³/mol. The number of hydrogen-bond acceptors (Lipinski definition) is 3. The topological polar surface area (TPSA) is 73.1 Å². The number of carbonyl (C=O) groups is 1. The lowest BCUT2D eigenvalue weighted by Crippen LogP contribution is -2.45. The van der Waals surface area contributed by atoms with Crippen molar-refractivity contribution in [3.8, 4) is 6.07 Å². The van der Waals surface area contributed by atoms with Gasteiger partial charge in [-0.1, -0.05) is 19.3 Å². The van der Waals surface area contributed by atoms with Crippen LogP contribution in [-0.2, 0) is 4.79 Å². The minimum atomic E-state index is -0.828. The molecule has 0 aromatic heterocycles. The van der Waals surface area contributed by atoms with E-state index in [-0.39, 0.29) is 11.9 Å². The Morgan fingerprint density at radius 2 is 2.00 bits per heavy atom. The Morgan fingerprint density at radius 1 is 1.41 bits per heavy atom. The van der Waals surface area contributed by atoms with Gasteiger partial charge in [0.05, 0.1) is 12.2 Å². The van der Waals surface area contributed by atoms with E-state index >= 15 is 0 Å². The first-order valence-corrected chi connectivity index (χ1v) is 6.40. The van der Waals surface area contributed by atoms with Crippen molar-refractivity contribution in [1.82, 2.24) is 5.32 Å². The Hall–Kier alpha value is -1.08. The molecule has 0 radical (unpaired) electrons. The highest BCUT2D eigenvalue weighted by Gasteiger charge is 2.40. The van der Waals surface area contributed by atoms with Crippen molar-refractivity contribution in [2.75, 3.05) is 0 Å². The number of hydrogen-bond donors (Lipinski definition) is 2. The summed E-state index contributed by atoms with van der Waals surface area (Å²) in [6.45, 7) is 3.56. The molecule has 4 heteroatoms. The molecule has 0 aliphatic heterocycles. The molecule has 1 fully saturated rings. The van der Waals surface area contributed by atoms with E-state index in [1.165, 1.54) is 0 Å². The van der Waals surface area contributed by atoms with Gasteiger partial charge < -0.3 is 10.4 Å². The van der Waals surface area contributed by atoms with Gasteiger partial charge in [0, 0.05) is 6.04 Å². The molecule has 2 N–H and O–H groups in total. The summed E-state index contributed by atoms with van der Waals surface area (Å²) in [6.07, 6.45) is 4.42. The zero-order valence-electron chi connectivity index (χ0n) is 10.7. The third-order valence-corrected chi connectivity index (χ3v) is 3.43. The van der Waals surface area contributed by atoms with Gasteiger partial charge in [0.15, 0.2) is 0 Å². The van der Waals surface area contributed by atoms with E-state index in [9.17, 15) is 15.2 Å². The third kappa shape index (κ3) is 3.71. The molecule has 0 heterocycles. The van der Waals surface area contributed by atoms with Gasteiger partial charge in [0.25, 0.3) is 0 Å². The van der Waals surface area contributed by atoms with Crippen LogP contribution in [0.2, 0.25) is 0 Å². The summed E-state index contributed by atoms with van der Waals surface area (Å²) in [6, 6.07) is 2.11. The van der Waals surface area contributed by atoms with Crippen molar-refractivity contribution in [2.45, 2.75) is 64.5 Å². The number of nitriles is 1. The van der Waals surface area contributed by atoms with Crippen LogP contribution in [0.5, 0.6) is 0 Å². The van der Waals surface area contributed by atoms with Gasteiger partial charge in [0.2, 0.25) is 5.91 Å². The summed E-state index contributed by atoms with van der Waals surface area (Å²) in [4.78, 5) is 12.1. The fourth-order valence-electron chi connectivity index (χ4n) is 2.48. The van der Waals surface area contributed by atoms with Gasteiger partial charge in [-0.15, -0.1) is 0 Å². The Bertz CT molecular complexity index is 301. The summed E-state index contributed by atoms with van der Waals surface area (Å²) in [5, 5.41) is 21.3. The SMILES string of the molecule is CC(O)CC(C)NC(=O)C1(C#N)CCCCC1. The molecule has 1 aliphatic carbocycles. The molecule has 2 unspecified atom stereocenters. The van der Waals surface area contributed by atoms with Crippen molar-refractivity contribution in [1.29, 1.82) is 5.26 Å². The van der Waals surface area contributed by atoms with E-state index in [1.807, 2.05) is 6.92 Å². The molecule has 0 bridgehead atoms. The number of aliphatic hydroxyl groups is 1. The van der Waals surface area contributed by atoms with Crippen molar-refractivity contribution in [3.63, 3.8) is 0 Å². The highest BCUT2D eigenvalue weighted by Crippen LogP contribution is 2.35. The van der Waals surface area contributed by atoms with Gasteiger partial charge in [0.1, 0.15) is 5.41 Å². The van der Waals surface area contributed by atoms with Crippen molar-refractivity contribution >= 4 is 5.91 Å². The van der Waals surface area contributed by atoms with Crippen LogP contribution in [0.25, 0.3) is 0 Å². The molecule has 4 nitrogen and oxygen atoms in total. The molecule has 96 valence electrons. The minimum Gasteiger partial charge on any atom is -0.393 e. The summed E-state index contributed by atoms with van der Waals surface area (Å²) >= 11 is 0. The van der Waals surface area contributed by atoms with Crippen LogP contribution in [0.1, 0.15) is 52.4 Å². The normalized spacial score (nSPS) is 22.2. The molecular weight excluding hydrogens is 216 g/mol. The lowest BCUT2D eigenvalue weighted by atomic mass is 9.74. The highest BCUT2D eigenvalue weighted by molar-refractivity contribution is 5.85. The van der Waals surface area contributed by atoms with Crippen LogP contribution in [0.4, 0.5) is 0 Å². The second-order valence-corrected chi connectivity index (χ2v) is 5.21. The van der Waals surface area contributed by atoms with Crippen LogP contribution >= 0.6 is 0 Å². The monoisotopic (exact) mass is 238 g/mol. The second kappa shape index (κ2) is 6.02. The third-order valence-electron chi connectivity index (χ3n) is 3.43. The van der Waals surface area contributed by atoms with E-state index in [4.69, 9.17) is 0 Å². The fourth-order valence-corrected chi connectivity index (χ4v) is 2.48. The maximum atomic E-state index is 12.1. The smallest absolute Gasteiger partial charge is 0.240 e. The maximum Gasteiger partial charge on any atom is 0.240 e. The molecule has 0 saturated heterocycles. The summed E-state index contributed by atoms with van der Waals surface area (Å²) in [5.74, 6) is -0.159. The van der Waals surface area contributed by atoms with Crippen LogP contribution in [-0.4, -0.2) is 23.2 Å². The number of carbonyl (C=O) groups excluding carboxylic acids is 1.